The van der Waals surface area contributed by atoms with E-state index < -0.39 is 17.7 Å². The Morgan fingerprint density at radius 3 is 2.50 bits per heavy atom. The highest BCUT2D eigenvalue weighted by molar-refractivity contribution is 6.35. The van der Waals surface area contributed by atoms with Crippen LogP contribution in [0.2, 0.25) is 10.0 Å². The Kier molecular flexibility index (Phi) is 4.94. The monoisotopic (exact) mass is 316 g/mol. The Morgan fingerprint density at radius 2 is 1.85 bits per heavy atom. The van der Waals surface area contributed by atoms with Crippen molar-refractivity contribution in [2.45, 2.75) is 12.5 Å². The van der Waals surface area contributed by atoms with Gasteiger partial charge >= 0.3 is 0 Å². The molecule has 1 atom stereocenters. The van der Waals surface area contributed by atoms with Crippen LogP contribution in [0.15, 0.2) is 36.4 Å². The molecule has 0 aliphatic carbocycles. The smallest absolute Gasteiger partial charge is 0.126 e. The zero-order valence-corrected chi connectivity index (χ0v) is 11.8. The molecule has 6 heteroatoms. The van der Waals surface area contributed by atoms with Gasteiger partial charge in [-0.05, 0) is 47.9 Å². The molecule has 1 unspecified atom stereocenters. The lowest BCUT2D eigenvalue weighted by atomic mass is 9.99. The van der Waals surface area contributed by atoms with E-state index in [0.717, 1.165) is 18.2 Å². The maximum atomic E-state index is 13.7. The van der Waals surface area contributed by atoms with E-state index in [-0.39, 0.29) is 12.0 Å². The number of rotatable bonds is 4. The summed E-state index contributed by atoms with van der Waals surface area (Å²) in [5, 5.41) is 0.906. The van der Waals surface area contributed by atoms with Crippen molar-refractivity contribution in [3.05, 3.63) is 69.2 Å². The predicted molar refractivity (Wildman–Crippen MR) is 76.6 cm³/mol. The summed E-state index contributed by atoms with van der Waals surface area (Å²) in [5.41, 5.74) is 3.45. The number of benzene rings is 2. The Morgan fingerprint density at radius 1 is 1.10 bits per heavy atom. The summed E-state index contributed by atoms with van der Waals surface area (Å²) in [6.45, 7) is 0. The Hall–Kier alpha value is -1.20. The molecule has 0 amide bonds. The van der Waals surface area contributed by atoms with Gasteiger partial charge in [0, 0.05) is 10.0 Å². The highest BCUT2D eigenvalue weighted by Crippen LogP contribution is 2.28. The fraction of sp³-hybridized carbons (Fsp3) is 0.143. The number of hydrazine groups is 1. The van der Waals surface area contributed by atoms with E-state index in [9.17, 15) is 8.78 Å². The summed E-state index contributed by atoms with van der Waals surface area (Å²) in [4.78, 5) is 0. The minimum atomic E-state index is -0.501. The summed E-state index contributed by atoms with van der Waals surface area (Å²) >= 11 is 11.9. The molecule has 2 rings (SSSR count). The lowest BCUT2D eigenvalue weighted by Gasteiger charge is -2.18. The maximum Gasteiger partial charge on any atom is 0.126 e. The predicted octanol–water partition coefficient (Wildman–Crippen LogP) is 4.02. The number of nitrogens with two attached hydrogens (primary N) is 1. The van der Waals surface area contributed by atoms with Crippen LogP contribution in [-0.4, -0.2) is 0 Å². The van der Waals surface area contributed by atoms with Crippen LogP contribution in [0.5, 0.6) is 0 Å². The van der Waals surface area contributed by atoms with Gasteiger partial charge in [0.05, 0.1) is 6.04 Å². The molecule has 2 aromatic carbocycles. The van der Waals surface area contributed by atoms with Crippen molar-refractivity contribution in [3.8, 4) is 0 Å². The maximum absolute atomic E-state index is 13.7. The fourth-order valence-corrected chi connectivity index (χ4v) is 2.50. The summed E-state index contributed by atoms with van der Waals surface area (Å²) in [7, 11) is 0. The molecule has 0 spiro atoms. The average molecular weight is 317 g/mol. The molecule has 0 fully saturated rings. The molecule has 0 heterocycles. The first-order chi connectivity index (χ1) is 9.51. The van der Waals surface area contributed by atoms with E-state index in [1.54, 1.807) is 18.2 Å². The van der Waals surface area contributed by atoms with Crippen molar-refractivity contribution in [1.29, 1.82) is 0 Å². The van der Waals surface area contributed by atoms with E-state index in [1.807, 2.05) is 0 Å². The van der Waals surface area contributed by atoms with Gasteiger partial charge in [0.1, 0.15) is 11.6 Å². The van der Waals surface area contributed by atoms with Crippen LogP contribution < -0.4 is 11.3 Å². The van der Waals surface area contributed by atoms with Gasteiger partial charge in [-0.2, -0.15) is 0 Å². The molecule has 0 aliphatic rings. The molecule has 0 radical (unpaired) electrons. The van der Waals surface area contributed by atoms with Gasteiger partial charge in [-0.25, -0.2) is 8.78 Å². The summed E-state index contributed by atoms with van der Waals surface area (Å²) in [5.74, 6) is 4.50. The molecule has 3 N–H and O–H groups in total. The lowest BCUT2D eigenvalue weighted by molar-refractivity contribution is 0.523. The van der Waals surface area contributed by atoms with Crippen molar-refractivity contribution in [1.82, 2.24) is 5.43 Å². The quantitative estimate of drug-likeness (QED) is 0.660. The summed E-state index contributed by atoms with van der Waals surface area (Å²) in [6, 6.07) is 7.78. The average Bonchev–Trinajstić information content (AvgIpc) is 2.40. The Balaban J connectivity index is 2.31. The molecule has 2 nitrogen and oxygen atoms in total. The molecule has 0 aliphatic heterocycles. The number of halogens is 4. The minimum Gasteiger partial charge on any atom is -0.271 e. The van der Waals surface area contributed by atoms with Gasteiger partial charge in [0.25, 0.3) is 0 Å². The molecular weight excluding hydrogens is 305 g/mol. The number of hydrogen-bond acceptors (Lipinski definition) is 2. The van der Waals surface area contributed by atoms with Crippen LogP contribution in [0, 0.1) is 11.6 Å². The summed E-state index contributed by atoms with van der Waals surface area (Å²) < 4.78 is 26.8. The molecule has 0 aromatic heterocycles. The van der Waals surface area contributed by atoms with Gasteiger partial charge in [-0.3, -0.25) is 11.3 Å². The van der Waals surface area contributed by atoms with Gasteiger partial charge in [0.2, 0.25) is 0 Å². The molecule has 2 aromatic rings. The molecule has 20 heavy (non-hydrogen) atoms. The van der Waals surface area contributed by atoms with Crippen LogP contribution in [0.3, 0.4) is 0 Å². The van der Waals surface area contributed by atoms with Crippen molar-refractivity contribution in [3.63, 3.8) is 0 Å². The zero-order chi connectivity index (χ0) is 14.7. The van der Waals surface area contributed by atoms with E-state index in [1.165, 1.54) is 0 Å². The molecule has 0 bridgehead atoms. The van der Waals surface area contributed by atoms with Crippen LogP contribution >= 0.6 is 23.2 Å². The van der Waals surface area contributed by atoms with Gasteiger partial charge in [0.15, 0.2) is 0 Å². The van der Waals surface area contributed by atoms with E-state index in [2.05, 4.69) is 5.43 Å². The van der Waals surface area contributed by atoms with E-state index >= 15 is 0 Å². The standard InChI is InChI=1S/C14H12Cl2F2N2/c15-9-1-3-11(12(16)7-9)14(20-19)6-8-5-10(17)2-4-13(8)18/h1-5,7,14,20H,6,19H2. The highest BCUT2D eigenvalue weighted by Gasteiger charge is 2.16. The Bertz CT molecular complexity index is 620. The topological polar surface area (TPSA) is 38.0 Å². The first-order valence-electron chi connectivity index (χ1n) is 5.86. The largest absolute Gasteiger partial charge is 0.271 e. The normalized spacial score (nSPS) is 12.4. The van der Waals surface area contributed by atoms with Crippen LogP contribution in [0.4, 0.5) is 8.78 Å². The third-order valence-electron chi connectivity index (χ3n) is 2.97. The van der Waals surface area contributed by atoms with E-state index in [0.29, 0.717) is 15.6 Å². The first-order valence-corrected chi connectivity index (χ1v) is 6.62. The second-order valence-electron chi connectivity index (χ2n) is 4.32. The molecule has 106 valence electrons. The van der Waals surface area contributed by atoms with E-state index in [4.69, 9.17) is 29.0 Å². The van der Waals surface area contributed by atoms with Gasteiger partial charge in [-0.15, -0.1) is 0 Å². The van der Waals surface area contributed by atoms with Crippen molar-refractivity contribution in [2.75, 3.05) is 0 Å². The van der Waals surface area contributed by atoms with Crippen LogP contribution in [0.1, 0.15) is 17.2 Å². The SMILES string of the molecule is NNC(Cc1cc(F)ccc1F)c1ccc(Cl)cc1Cl. The second-order valence-corrected chi connectivity index (χ2v) is 5.17. The molecule has 0 saturated carbocycles. The Labute approximate surface area is 125 Å². The number of nitrogens with one attached hydrogen (secondary N) is 1. The first kappa shape index (κ1) is 15.2. The number of hydrogen-bond donors (Lipinski definition) is 2. The third kappa shape index (κ3) is 3.46. The lowest BCUT2D eigenvalue weighted by Crippen LogP contribution is -2.30. The summed E-state index contributed by atoms with van der Waals surface area (Å²) in [6.07, 6.45) is 0.168. The van der Waals surface area contributed by atoms with Gasteiger partial charge < -0.3 is 0 Å². The van der Waals surface area contributed by atoms with Crippen molar-refractivity contribution < 1.29 is 8.78 Å². The molecular formula is C14H12Cl2F2N2. The van der Waals surface area contributed by atoms with Crippen LogP contribution in [-0.2, 0) is 6.42 Å². The van der Waals surface area contributed by atoms with Crippen molar-refractivity contribution >= 4 is 23.2 Å². The van der Waals surface area contributed by atoms with Crippen molar-refractivity contribution in [2.24, 2.45) is 5.84 Å². The van der Waals surface area contributed by atoms with Crippen LogP contribution in [0.25, 0.3) is 0 Å². The third-order valence-corrected chi connectivity index (χ3v) is 3.53. The molecule has 0 saturated heterocycles. The highest BCUT2D eigenvalue weighted by atomic mass is 35.5. The second kappa shape index (κ2) is 6.50. The van der Waals surface area contributed by atoms with Gasteiger partial charge in [-0.1, -0.05) is 29.3 Å². The zero-order valence-electron chi connectivity index (χ0n) is 10.3. The fourth-order valence-electron chi connectivity index (χ4n) is 1.96. The minimum absolute atomic E-state index is 0.168.